The average molecular weight is 323 g/mol. The third kappa shape index (κ3) is 2.56. The third-order valence-electron chi connectivity index (χ3n) is 4.70. The second-order valence-electron chi connectivity index (χ2n) is 5.86. The number of amides is 1. The molecule has 2 fully saturated rings. The van der Waals surface area contributed by atoms with Crippen molar-refractivity contribution in [3.63, 3.8) is 0 Å². The molecule has 2 aliphatic heterocycles. The van der Waals surface area contributed by atoms with Crippen molar-refractivity contribution in [1.29, 1.82) is 0 Å². The molecule has 0 aliphatic carbocycles. The maximum atomic E-state index is 12.8. The first-order valence-corrected chi connectivity index (χ1v) is 8.17. The van der Waals surface area contributed by atoms with Gasteiger partial charge in [-0.15, -0.1) is 23.7 Å². The largest absolute Gasteiger partial charge is 0.338 e. The summed E-state index contributed by atoms with van der Waals surface area (Å²) >= 11 is 1.67. The van der Waals surface area contributed by atoms with Gasteiger partial charge in [0, 0.05) is 28.6 Å². The smallest absolute Gasteiger partial charge is 0.255 e. The van der Waals surface area contributed by atoms with Crippen LogP contribution >= 0.6 is 23.7 Å². The van der Waals surface area contributed by atoms with Crippen molar-refractivity contribution in [1.82, 2.24) is 10.2 Å². The summed E-state index contributed by atoms with van der Waals surface area (Å²) in [6.07, 6.45) is 1.14. The third-order valence-corrected chi connectivity index (χ3v) is 5.67. The number of piperidine rings is 1. The Hall–Kier alpha value is -1.10. The van der Waals surface area contributed by atoms with Gasteiger partial charge in [-0.3, -0.25) is 4.79 Å². The van der Waals surface area contributed by atoms with Gasteiger partial charge in [-0.2, -0.15) is 0 Å². The molecule has 0 saturated carbocycles. The van der Waals surface area contributed by atoms with E-state index in [1.807, 2.05) is 17.5 Å². The van der Waals surface area contributed by atoms with Crippen LogP contribution < -0.4 is 5.32 Å². The topological polar surface area (TPSA) is 32.3 Å². The Morgan fingerprint density at radius 2 is 2.05 bits per heavy atom. The van der Waals surface area contributed by atoms with Gasteiger partial charge in [0.05, 0.1) is 5.56 Å². The second kappa shape index (κ2) is 5.95. The van der Waals surface area contributed by atoms with Crippen molar-refractivity contribution >= 4 is 39.7 Å². The first-order valence-electron chi connectivity index (χ1n) is 7.29. The number of halogens is 1. The van der Waals surface area contributed by atoms with E-state index < -0.39 is 0 Å². The minimum absolute atomic E-state index is 0. The van der Waals surface area contributed by atoms with Gasteiger partial charge in [-0.05, 0) is 37.4 Å². The number of benzene rings is 1. The van der Waals surface area contributed by atoms with Crippen molar-refractivity contribution in [3.8, 4) is 0 Å². The van der Waals surface area contributed by atoms with Gasteiger partial charge in [-0.1, -0.05) is 18.2 Å². The minimum atomic E-state index is 0. The highest BCUT2D eigenvalue weighted by atomic mass is 35.5. The molecule has 21 heavy (non-hydrogen) atoms. The molecule has 112 valence electrons. The number of hydrogen-bond acceptors (Lipinski definition) is 3. The van der Waals surface area contributed by atoms with Crippen molar-refractivity contribution in [3.05, 3.63) is 35.2 Å². The van der Waals surface area contributed by atoms with Gasteiger partial charge >= 0.3 is 0 Å². The maximum absolute atomic E-state index is 12.8. The molecule has 2 aliphatic rings. The Balaban J connectivity index is 0.00000132. The summed E-state index contributed by atoms with van der Waals surface area (Å²) in [5.74, 6) is 1.64. The fraction of sp³-hybridized carbons (Fsp3) is 0.438. The van der Waals surface area contributed by atoms with Crippen LogP contribution in [-0.4, -0.2) is 37.0 Å². The van der Waals surface area contributed by atoms with Crippen LogP contribution in [0.3, 0.4) is 0 Å². The molecule has 2 aromatic rings. The molecule has 1 N–H and O–H groups in total. The summed E-state index contributed by atoms with van der Waals surface area (Å²) < 4.78 is 1.20. The monoisotopic (exact) mass is 322 g/mol. The number of fused-ring (bicyclic) bond motifs is 2. The first-order chi connectivity index (χ1) is 9.83. The van der Waals surface area contributed by atoms with Crippen LogP contribution in [0.5, 0.6) is 0 Å². The predicted octanol–water partition coefficient (Wildman–Crippen LogP) is 3.00. The van der Waals surface area contributed by atoms with E-state index >= 15 is 0 Å². The van der Waals surface area contributed by atoms with E-state index in [0.29, 0.717) is 5.92 Å². The van der Waals surface area contributed by atoms with E-state index in [9.17, 15) is 4.79 Å². The molecule has 3 nitrogen and oxygen atoms in total. The summed E-state index contributed by atoms with van der Waals surface area (Å²) in [5, 5.41) is 6.58. The minimum Gasteiger partial charge on any atom is -0.338 e. The highest BCUT2D eigenvalue weighted by Crippen LogP contribution is 2.30. The lowest BCUT2D eigenvalue weighted by Crippen LogP contribution is -2.43. The van der Waals surface area contributed by atoms with Crippen molar-refractivity contribution in [2.75, 3.05) is 26.2 Å². The van der Waals surface area contributed by atoms with Gasteiger partial charge in [-0.25, -0.2) is 0 Å². The molecule has 4 rings (SSSR count). The van der Waals surface area contributed by atoms with Crippen LogP contribution in [0, 0.1) is 11.8 Å². The van der Waals surface area contributed by atoms with Gasteiger partial charge < -0.3 is 10.2 Å². The fourth-order valence-corrected chi connectivity index (χ4v) is 4.47. The Bertz CT molecular complexity index is 657. The molecule has 2 atom stereocenters. The number of nitrogens with zero attached hydrogens (tertiary/aromatic N) is 1. The first kappa shape index (κ1) is 14.8. The van der Waals surface area contributed by atoms with Crippen LogP contribution in [0.25, 0.3) is 10.1 Å². The van der Waals surface area contributed by atoms with Crippen molar-refractivity contribution in [2.45, 2.75) is 6.42 Å². The van der Waals surface area contributed by atoms with Gasteiger partial charge in [0.1, 0.15) is 0 Å². The van der Waals surface area contributed by atoms with Crippen LogP contribution in [0.1, 0.15) is 16.8 Å². The molecule has 5 heteroatoms. The number of likely N-dealkylation sites (tertiary alicyclic amines) is 1. The Labute approximate surface area is 134 Å². The summed E-state index contributed by atoms with van der Waals surface area (Å²) in [7, 11) is 0. The van der Waals surface area contributed by atoms with Crippen LogP contribution in [0.15, 0.2) is 29.6 Å². The van der Waals surface area contributed by atoms with Gasteiger partial charge in [0.25, 0.3) is 5.91 Å². The number of carbonyl (C=O) groups is 1. The Kier molecular flexibility index (Phi) is 4.20. The molecule has 0 radical (unpaired) electrons. The molecular formula is C16H19ClN2OS. The molecule has 1 aromatic heterocycles. The Morgan fingerprint density at radius 1 is 1.24 bits per heavy atom. The number of nitrogens with one attached hydrogen (secondary N) is 1. The normalized spacial score (nSPS) is 24.7. The predicted molar refractivity (Wildman–Crippen MR) is 89.4 cm³/mol. The van der Waals surface area contributed by atoms with E-state index in [-0.39, 0.29) is 18.3 Å². The molecular weight excluding hydrogens is 304 g/mol. The summed E-state index contributed by atoms with van der Waals surface area (Å²) in [6, 6.07) is 8.19. The summed E-state index contributed by atoms with van der Waals surface area (Å²) in [4.78, 5) is 14.8. The van der Waals surface area contributed by atoms with Gasteiger partial charge in [0.15, 0.2) is 0 Å². The quantitative estimate of drug-likeness (QED) is 0.875. The van der Waals surface area contributed by atoms with Crippen molar-refractivity contribution < 1.29 is 4.79 Å². The molecule has 1 amide bonds. The average Bonchev–Trinajstić information content (AvgIpc) is 3.12. The van der Waals surface area contributed by atoms with E-state index in [2.05, 4.69) is 22.3 Å². The van der Waals surface area contributed by atoms with Crippen molar-refractivity contribution in [2.24, 2.45) is 11.8 Å². The van der Waals surface area contributed by atoms with E-state index in [1.165, 1.54) is 4.70 Å². The molecule has 3 heterocycles. The lowest BCUT2D eigenvalue weighted by molar-refractivity contribution is 0.0645. The summed E-state index contributed by atoms with van der Waals surface area (Å²) in [6.45, 7) is 4.03. The molecule has 0 bridgehead atoms. The standard InChI is InChI=1S/C16H18N2OS.ClH/c19-16(14-10-20-15-4-2-1-3-13(14)15)18-6-5-11-7-17-8-12(11)9-18;/h1-4,10-12,17H,5-9H2;1H. The zero-order valence-corrected chi connectivity index (χ0v) is 13.4. The van der Waals surface area contributed by atoms with E-state index in [4.69, 9.17) is 0 Å². The van der Waals surface area contributed by atoms with Gasteiger partial charge in [0.2, 0.25) is 0 Å². The zero-order chi connectivity index (χ0) is 13.5. The maximum Gasteiger partial charge on any atom is 0.255 e. The summed E-state index contributed by atoms with van der Waals surface area (Å²) in [5.41, 5.74) is 0.884. The molecule has 2 saturated heterocycles. The number of carbonyl (C=O) groups excluding carboxylic acids is 1. The number of thiophene rings is 1. The second-order valence-corrected chi connectivity index (χ2v) is 6.78. The lowest BCUT2D eigenvalue weighted by Gasteiger charge is -2.34. The SMILES string of the molecule is Cl.O=C(c1csc2ccccc12)N1CCC2CNCC2C1. The fourth-order valence-electron chi connectivity index (χ4n) is 3.53. The zero-order valence-electron chi connectivity index (χ0n) is 11.7. The highest BCUT2D eigenvalue weighted by molar-refractivity contribution is 7.17. The van der Waals surface area contributed by atoms with E-state index in [1.54, 1.807) is 11.3 Å². The highest BCUT2D eigenvalue weighted by Gasteiger charge is 2.35. The van der Waals surface area contributed by atoms with Crippen LogP contribution in [0.4, 0.5) is 0 Å². The van der Waals surface area contributed by atoms with Crippen LogP contribution in [0.2, 0.25) is 0 Å². The Morgan fingerprint density at radius 3 is 2.95 bits per heavy atom. The lowest BCUT2D eigenvalue weighted by atomic mass is 9.88. The number of rotatable bonds is 1. The molecule has 2 unspecified atom stereocenters. The number of hydrogen-bond donors (Lipinski definition) is 1. The molecule has 0 spiro atoms. The molecule has 1 aromatic carbocycles. The van der Waals surface area contributed by atoms with Crippen LogP contribution in [-0.2, 0) is 0 Å². The van der Waals surface area contributed by atoms with E-state index in [0.717, 1.165) is 49.5 Å².